The minimum Gasteiger partial charge on any atom is -0.351 e. The van der Waals surface area contributed by atoms with Gasteiger partial charge in [0.15, 0.2) is 9.84 Å². The monoisotopic (exact) mass is 296 g/mol. The Labute approximate surface area is 114 Å². The van der Waals surface area contributed by atoms with Crippen LogP contribution in [0.1, 0.15) is 38.5 Å². The van der Waals surface area contributed by atoms with E-state index in [9.17, 15) is 13.2 Å². The zero-order chi connectivity index (χ0) is 12.5. The van der Waals surface area contributed by atoms with Gasteiger partial charge >= 0.3 is 0 Å². The Bertz CT molecular complexity index is 405. The summed E-state index contributed by atoms with van der Waals surface area (Å²) in [6.45, 7) is 0. The number of nitrogens with two attached hydrogens (primary N) is 1. The maximum atomic E-state index is 12.1. The lowest BCUT2D eigenvalue weighted by Gasteiger charge is -2.32. The molecule has 0 aromatic heterocycles. The van der Waals surface area contributed by atoms with Crippen molar-refractivity contribution < 1.29 is 13.2 Å². The number of sulfone groups is 1. The first-order valence-electron chi connectivity index (χ1n) is 6.22. The molecule has 1 aliphatic carbocycles. The third kappa shape index (κ3) is 3.59. The molecule has 1 amide bonds. The molecule has 0 aromatic carbocycles. The Morgan fingerprint density at radius 2 is 1.83 bits per heavy atom. The van der Waals surface area contributed by atoms with Gasteiger partial charge in [0.05, 0.1) is 17.0 Å². The van der Waals surface area contributed by atoms with Gasteiger partial charge in [0.25, 0.3) is 0 Å². The summed E-state index contributed by atoms with van der Waals surface area (Å²) in [5.74, 6) is 0.0731. The quantitative estimate of drug-likeness (QED) is 0.770. The molecule has 2 aliphatic rings. The molecule has 0 radical (unpaired) electrons. The summed E-state index contributed by atoms with van der Waals surface area (Å²) in [6.07, 6.45) is 5.02. The largest absolute Gasteiger partial charge is 0.351 e. The summed E-state index contributed by atoms with van der Waals surface area (Å²) in [5.41, 5.74) is 5.31. The van der Waals surface area contributed by atoms with E-state index < -0.39 is 15.4 Å². The van der Waals surface area contributed by atoms with E-state index in [2.05, 4.69) is 5.32 Å². The lowest BCUT2D eigenvalue weighted by molar-refractivity contribution is -0.128. The summed E-state index contributed by atoms with van der Waals surface area (Å²) < 4.78 is 22.6. The van der Waals surface area contributed by atoms with E-state index in [0.29, 0.717) is 19.3 Å². The molecule has 1 heterocycles. The summed E-state index contributed by atoms with van der Waals surface area (Å²) in [4.78, 5) is 12.1. The molecular formula is C11H21ClN2O3S. The average Bonchev–Trinajstić information content (AvgIpc) is 2.59. The van der Waals surface area contributed by atoms with Crippen molar-refractivity contribution in [2.24, 2.45) is 5.73 Å². The van der Waals surface area contributed by atoms with Crippen molar-refractivity contribution in [3.8, 4) is 0 Å². The topological polar surface area (TPSA) is 89.3 Å². The Hall–Kier alpha value is -0.330. The van der Waals surface area contributed by atoms with E-state index in [1.165, 1.54) is 0 Å². The summed E-state index contributed by atoms with van der Waals surface area (Å²) in [6, 6.07) is -0.241. The van der Waals surface area contributed by atoms with Gasteiger partial charge in [0, 0.05) is 6.04 Å². The normalized spacial score (nSPS) is 29.3. The van der Waals surface area contributed by atoms with Gasteiger partial charge in [0.2, 0.25) is 5.91 Å². The minimum absolute atomic E-state index is 0. The standard InChI is InChI=1S/C11H20N2O3S.ClH/c12-11(5-2-1-3-6-11)10(14)13-9-4-7-17(15,16)8-9;/h9H,1-8,12H2,(H,13,14);1H. The van der Waals surface area contributed by atoms with Crippen LogP contribution >= 0.6 is 12.4 Å². The molecule has 18 heavy (non-hydrogen) atoms. The minimum atomic E-state index is -2.95. The maximum Gasteiger partial charge on any atom is 0.240 e. The molecule has 0 bridgehead atoms. The molecule has 2 fully saturated rings. The first kappa shape index (κ1) is 15.7. The molecule has 5 nitrogen and oxygen atoms in total. The predicted molar refractivity (Wildman–Crippen MR) is 72.5 cm³/mol. The van der Waals surface area contributed by atoms with E-state index in [1.807, 2.05) is 0 Å². The molecule has 1 atom stereocenters. The Morgan fingerprint density at radius 1 is 1.22 bits per heavy atom. The van der Waals surface area contributed by atoms with Crippen molar-refractivity contribution in [1.29, 1.82) is 0 Å². The van der Waals surface area contributed by atoms with E-state index in [0.717, 1.165) is 19.3 Å². The Morgan fingerprint density at radius 3 is 2.33 bits per heavy atom. The van der Waals surface area contributed by atoms with Crippen molar-refractivity contribution in [3.63, 3.8) is 0 Å². The number of halogens is 1. The summed E-state index contributed by atoms with van der Waals surface area (Å²) >= 11 is 0. The number of hydrogen-bond acceptors (Lipinski definition) is 4. The van der Waals surface area contributed by atoms with Crippen molar-refractivity contribution in [3.05, 3.63) is 0 Å². The first-order valence-corrected chi connectivity index (χ1v) is 8.04. The van der Waals surface area contributed by atoms with Crippen LogP contribution in [-0.4, -0.2) is 37.4 Å². The zero-order valence-electron chi connectivity index (χ0n) is 10.4. The fourth-order valence-electron chi connectivity index (χ4n) is 2.65. The summed E-state index contributed by atoms with van der Waals surface area (Å²) in [5, 5.41) is 2.80. The number of amides is 1. The van der Waals surface area contributed by atoms with E-state index in [1.54, 1.807) is 0 Å². The second-order valence-corrected chi connectivity index (χ2v) is 7.52. The van der Waals surface area contributed by atoms with Crippen LogP contribution in [0.25, 0.3) is 0 Å². The number of rotatable bonds is 2. The van der Waals surface area contributed by atoms with Gasteiger partial charge in [-0.15, -0.1) is 12.4 Å². The fraction of sp³-hybridized carbons (Fsp3) is 0.909. The van der Waals surface area contributed by atoms with Gasteiger partial charge in [-0.05, 0) is 19.3 Å². The highest BCUT2D eigenvalue weighted by molar-refractivity contribution is 7.91. The number of nitrogens with one attached hydrogen (secondary N) is 1. The highest BCUT2D eigenvalue weighted by Crippen LogP contribution is 2.26. The maximum absolute atomic E-state index is 12.1. The molecule has 1 saturated heterocycles. The first-order chi connectivity index (χ1) is 7.91. The van der Waals surface area contributed by atoms with Gasteiger partial charge in [-0.3, -0.25) is 4.79 Å². The SMILES string of the molecule is Cl.NC1(C(=O)NC2CCS(=O)(=O)C2)CCCCC1. The van der Waals surface area contributed by atoms with Crippen LogP contribution in [0.15, 0.2) is 0 Å². The van der Waals surface area contributed by atoms with E-state index in [4.69, 9.17) is 5.73 Å². The van der Waals surface area contributed by atoms with Crippen molar-refractivity contribution >= 4 is 28.2 Å². The van der Waals surface area contributed by atoms with Crippen LogP contribution in [-0.2, 0) is 14.6 Å². The fourth-order valence-corrected chi connectivity index (χ4v) is 4.32. The van der Waals surface area contributed by atoms with Crippen LogP contribution in [0.3, 0.4) is 0 Å². The molecule has 1 unspecified atom stereocenters. The third-order valence-corrected chi connectivity index (χ3v) is 5.53. The molecule has 3 N–H and O–H groups in total. The van der Waals surface area contributed by atoms with Crippen LogP contribution in [0.2, 0.25) is 0 Å². The molecule has 1 aliphatic heterocycles. The third-order valence-electron chi connectivity index (χ3n) is 3.77. The highest BCUT2D eigenvalue weighted by atomic mass is 35.5. The van der Waals surface area contributed by atoms with Gasteiger partial charge in [-0.2, -0.15) is 0 Å². The molecule has 2 rings (SSSR count). The summed E-state index contributed by atoms with van der Waals surface area (Å²) in [7, 11) is -2.95. The van der Waals surface area contributed by atoms with Crippen molar-refractivity contribution in [2.45, 2.75) is 50.1 Å². The van der Waals surface area contributed by atoms with Crippen molar-refractivity contribution in [2.75, 3.05) is 11.5 Å². The second-order valence-electron chi connectivity index (χ2n) is 5.29. The molecule has 0 aromatic rings. The van der Waals surface area contributed by atoms with Crippen LogP contribution < -0.4 is 11.1 Å². The number of carbonyl (C=O) groups is 1. The Balaban J connectivity index is 0.00000162. The predicted octanol–water partition coefficient (Wildman–Crippen LogP) is 0.373. The van der Waals surface area contributed by atoms with E-state index >= 15 is 0 Å². The number of hydrogen-bond donors (Lipinski definition) is 2. The lowest BCUT2D eigenvalue weighted by atomic mass is 9.82. The van der Waals surface area contributed by atoms with Crippen molar-refractivity contribution in [1.82, 2.24) is 5.32 Å². The molecular weight excluding hydrogens is 276 g/mol. The zero-order valence-corrected chi connectivity index (χ0v) is 12.0. The van der Waals surface area contributed by atoms with Crippen LogP contribution in [0.4, 0.5) is 0 Å². The molecule has 1 saturated carbocycles. The average molecular weight is 297 g/mol. The van der Waals surface area contributed by atoms with E-state index in [-0.39, 0.29) is 35.9 Å². The lowest BCUT2D eigenvalue weighted by Crippen LogP contribution is -2.57. The smallest absolute Gasteiger partial charge is 0.240 e. The van der Waals surface area contributed by atoms with Crippen LogP contribution in [0, 0.1) is 0 Å². The highest BCUT2D eigenvalue weighted by Gasteiger charge is 2.38. The van der Waals surface area contributed by atoms with Gasteiger partial charge in [-0.25, -0.2) is 8.42 Å². The second kappa shape index (κ2) is 5.75. The van der Waals surface area contributed by atoms with Crippen LogP contribution in [0.5, 0.6) is 0 Å². The molecule has 106 valence electrons. The van der Waals surface area contributed by atoms with Gasteiger partial charge < -0.3 is 11.1 Å². The number of carbonyl (C=O) groups excluding carboxylic acids is 1. The van der Waals surface area contributed by atoms with Gasteiger partial charge in [-0.1, -0.05) is 19.3 Å². The molecule has 0 spiro atoms. The van der Waals surface area contributed by atoms with Gasteiger partial charge in [0.1, 0.15) is 0 Å². The Kier molecular flexibility index (Phi) is 5.03. The molecule has 7 heteroatoms.